The molecule has 0 unspecified atom stereocenters. The van der Waals surface area contributed by atoms with Crippen molar-refractivity contribution in [3.63, 3.8) is 0 Å². The summed E-state index contributed by atoms with van der Waals surface area (Å²) in [6.45, 7) is 4.78. The average Bonchev–Trinajstić information content (AvgIpc) is 3.72. The number of hydrogen-bond donors (Lipinski definition) is 0. The van der Waals surface area contributed by atoms with E-state index < -0.39 is 0 Å². The van der Waals surface area contributed by atoms with Crippen LogP contribution in [0.25, 0.3) is 75.1 Å². The summed E-state index contributed by atoms with van der Waals surface area (Å²) in [5, 5.41) is 8.03. The minimum atomic E-state index is -0.162. The van der Waals surface area contributed by atoms with Crippen molar-refractivity contribution in [2.45, 2.75) is 19.3 Å². The fourth-order valence-corrected chi connectivity index (χ4v) is 10.4. The summed E-state index contributed by atoms with van der Waals surface area (Å²) < 4.78 is 2.65. The molecule has 9 aromatic carbocycles. The van der Waals surface area contributed by atoms with Crippen LogP contribution in [0.2, 0.25) is 0 Å². The summed E-state index contributed by atoms with van der Waals surface area (Å²) in [4.78, 5) is 2.50. The Hall–Kier alpha value is -6.22. The van der Waals surface area contributed by atoms with Gasteiger partial charge in [0.15, 0.2) is 0 Å². The first-order valence-corrected chi connectivity index (χ1v) is 19.3. The Morgan fingerprint density at radius 2 is 1.06 bits per heavy atom. The molecule has 0 N–H and O–H groups in total. The van der Waals surface area contributed by atoms with Gasteiger partial charge in [0, 0.05) is 32.3 Å². The van der Waals surface area contributed by atoms with E-state index in [1.807, 2.05) is 11.3 Å². The Labute approximate surface area is 313 Å². The lowest BCUT2D eigenvalue weighted by Gasteiger charge is -2.29. The molecule has 0 saturated carbocycles. The maximum atomic E-state index is 2.50. The lowest BCUT2D eigenvalue weighted by Crippen LogP contribution is -2.16. The zero-order valence-electron chi connectivity index (χ0n) is 29.6. The van der Waals surface area contributed by atoms with Gasteiger partial charge in [-0.2, -0.15) is 0 Å². The molecule has 0 amide bonds. The van der Waals surface area contributed by atoms with Gasteiger partial charge in [-0.15, -0.1) is 11.3 Å². The van der Waals surface area contributed by atoms with Crippen molar-refractivity contribution in [1.82, 2.24) is 0 Å². The third-order valence-corrected chi connectivity index (χ3v) is 12.8. The van der Waals surface area contributed by atoms with Crippen molar-refractivity contribution in [3.8, 4) is 33.4 Å². The highest BCUT2D eigenvalue weighted by Gasteiger charge is 2.37. The number of benzene rings is 9. The number of hydrogen-bond acceptors (Lipinski definition) is 2. The van der Waals surface area contributed by atoms with Crippen LogP contribution in [-0.2, 0) is 5.41 Å². The minimum Gasteiger partial charge on any atom is -0.309 e. The third-order valence-electron chi connectivity index (χ3n) is 11.6. The van der Waals surface area contributed by atoms with Gasteiger partial charge < -0.3 is 4.90 Å². The first kappa shape index (κ1) is 30.4. The highest BCUT2D eigenvalue weighted by molar-refractivity contribution is 7.26. The summed E-state index contributed by atoms with van der Waals surface area (Å²) in [6.07, 6.45) is 0. The van der Waals surface area contributed by atoms with Gasteiger partial charge in [0.25, 0.3) is 0 Å². The fourth-order valence-electron chi connectivity index (χ4n) is 9.12. The van der Waals surface area contributed by atoms with Crippen LogP contribution in [0.3, 0.4) is 0 Å². The molecule has 1 aliphatic carbocycles. The molecule has 10 aromatic rings. The van der Waals surface area contributed by atoms with Crippen LogP contribution in [0, 0.1) is 0 Å². The molecule has 0 fully saturated rings. The van der Waals surface area contributed by atoms with Crippen LogP contribution in [0.5, 0.6) is 0 Å². The second-order valence-corrected chi connectivity index (χ2v) is 15.9. The fraction of sp³-hybridized carbons (Fsp3) is 0.0588. The molecule has 11 rings (SSSR count). The quantitative estimate of drug-likeness (QED) is 0.162. The van der Waals surface area contributed by atoms with E-state index in [1.165, 1.54) is 97.6 Å². The topological polar surface area (TPSA) is 3.24 Å². The Kier molecular flexibility index (Phi) is 6.53. The SMILES string of the molecule is CC1(C)c2cc(N(c3ccc(-c4ccccc4)cc3)c3ccc4c5ccccc5c5cccc6sc3c4c65)ccc2-c2c(-c3ccccc3)cccc21. The molecule has 1 aliphatic rings. The molecule has 53 heavy (non-hydrogen) atoms. The standard InChI is InChI=1S/C51H35NS/c1-51(2)43-21-11-19-37(34-15-7-4-8-16-34)47(43)42-28-27-36(31-44(42)51)52(35-25-23-33(24-26-35)32-13-5-3-6-14-32)45-30-29-41-39-18-10-9-17-38(39)40-20-12-22-46-48(40)49(41)50(45)53-46/h3-31H,1-2H3. The predicted octanol–water partition coefficient (Wildman–Crippen LogP) is 14.9. The smallest absolute Gasteiger partial charge is 0.0640 e. The second kappa shape index (κ2) is 11.4. The van der Waals surface area contributed by atoms with E-state index in [0.29, 0.717) is 0 Å². The van der Waals surface area contributed by atoms with Crippen LogP contribution >= 0.6 is 11.3 Å². The van der Waals surface area contributed by atoms with Gasteiger partial charge in [0.2, 0.25) is 0 Å². The number of rotatable bonds is 5. The van der Waals surface area contributed by atoms with E-state index >= 15 is 0 Å². The first-order valence-electron chi connectivity index (χ1n) is 18.4. The van der Waals surface area contributed by atoms with Crippen molar-refractivity contribution in [3.05, 3.63) is 187 Å². The van der Waals surface area contributed by atoms with E-state index in [4.69, 9.17) is 0 Å². The van der Waals surface area contributed by atoms with Crippen LogP contribution in [0.4, 0.5) is 17.1 Å². The Balaban J connectivity index is 1.16. The third kappa shape index (κ3) is 4.43. The molecule has 1 nitrogen and oxygen atoms in total. The molecule has 250 valence electrons. The molecule has 1 heterocycles. The molecular weight excluding hydrogens is 659 g/mol. The normalized spacial score (nSPS) is 13.2. The molecular formula is C51H35NS. The van der Waals surface area contributed by atoms with Crippen LogP contribution in [0.15, 0.2) is 176 Å². The lowest BCUT2D eigenvalue weighted by molar-refractivity contribution is 0.660. The van der Waals surface area contributed by atoms with E-state index in [-0.39, 0.29) is 5.41 Å². The summed E-state index contributed by atoms with van der Waals surface area (Å²) in [5.74, 6) is 0. The molecule has 0 atom stereocenters. The Morgan fingerprint density at radius 3 is 1.81 bits per heavy atom. The largest absolute Gasteiger partial charge is 0.309 e. The monoisotopic (exact) mass is 693 g/mol. The molecule has 0 saturated heterocycles. The van der Waals surface area contributed by atoms with Crippen molar-refractivity contribution in [2.75, 3.05) is 4.90 Å². The zero-order chi connectivity index (χ0) is 35.3. The van der Waals surface area contributed by atoms with Crippen LogP contribution in [-0.4, -0.2) is 0 Å². The van der Waals surface area contributed by atoms with E-state index in [1.54, 1.807) is 0 Å². The summed E-state index contributed by atoms with van der Waals surface area (Å²) in [7, 11) is 0. The molecule has 0 bridgehead atoms. The van der Waals surface area contributed by atoms with Crippen molar-refractivity contribution >= 4 is 70.1 Å². The molecule has 0 aliphatic heterocycles. The first-order chi connectivity index (χ1) is 26.1. The maximum absolute atomic E-state index is 2.50. The predicted molar refractivity (Wildman–Crippen MR) is 229 cm³/mol. The van der Waals surface area contributed by atoms with Gasteiger partial charge in [-0.25, -0.2) is 0 Å². The number of thiophene rings is 1. The molecule has 0 spiro atoms. The van der Waals surface area contributed by atoms with E-state index in [9.17, 15) is 0 Å². The maximum Gasteiger partial charge on any atom is 0.0640 e. The summed E-state index contributed by atoms with van der Waals surface area (Å²) in [6, 6.07) is 65.1. The number of nitrogens with zero attached hydrogens (tertiary/aromatic N) is 1. The molecule has 1 aromatic heterocycles. The minimum absolute atomic E-state index is 0.162. The summed E-state index contributed by atoms with van der Waals surface area (Å²) >= 11 is 1.92. The van der Waals surface area contributed by atoms with Gasteiger partial charge in [-0.05, 0) is 102 Å². The Morgan fingerprint density at radius 1 is 0.434 bits per heavy atom. The van der Waals surface area contributed by atoms with Gasteiger partial charge in [-0.1, -0.05) is 153 Å². The van der Waals surface area contributed by atoms with Crippen molar-refractivity contribution in [1.29, 1.82) is 0 Å². The van der Waals surface area contributed by atoms with Gasteiger partial charge in [0.1, 0.15) is 0 Å². The van der Waals surface area contributed by atoms with Crippen LogP contribution in [0.1, 0.15) is 25.0 Å². The average molecular weight is 694 g/mol. The number of anilines is 3. The van der Waals surface area contributed by atoms with Gasteiger partial charge in [0.05, 0.1) is 10.4 Å². The molecule has 2 heteroatoms. The molecule has 0 radical (unpaired) electrons. The Bertz CT molecular complexity index is 3010. The van der Waals surface area contributed by atoms with Crippen molar-refractivity contribution < 1.29 is 0 Å². The summed E-state index contributed by atoms with van der Waals surface area (Å²) in [5.41, 5.74) is 13.8. The highest BCUT2D eigenvalue weighted by atomic mass is 32.1. The van der Waals surface area contributed by atoms with Gasteiger partial charge >= 0.3 is 0 Å². The van der Waals surface area contributed by atoms with Crippen LogP contribution < -0.4 is 4.90 Å². The van der Waals surface area contributed by atoms with E-state index in [0.717, 1.165) is 5.69 Å². The van der Waals surface area contributed by atoms with Crippen molar-refractivity contribution in [2.24, 2.45) is 0 Å². The zero-order valence-corrected chi connectivity index (χ0v) is 30.4. The second-order valence-electron chi connectivity index (χ2n) is 14.9. The number of fused-ring (bicyclic) bond motifs is 6. The lowest BCUT2D eigenvalue weighted by atomic mass is 9.81. The highest BCUT2D eigenvalue weighted by Crippen LogP contribution is 2.55. The van der Waals surface area contributed by atoms with E-state index in [2.05, 4.69) is 195 Å². The van der Waals surface area contributed by atoms with Gasteiger partial charge in [-0.3, -0.25) is 0 Å².